The second-order valence-electron chi connectivity index (χ2n) is 8.05. The number of amides is 1. The van der Waals surface area contributed by atoms with Crippen LogP contribution in [-0.2, 0) is 11.8 Å². The van der Waals surface area contributed by atoms with Gasteiger partial charge in [0.1, 0.15) is 11.6 Å². The lowest BCUT2D eigenvalue weighted by Crippen LogP contribution is -2.50. The Kier molecular flexibility index (Phi) is 4.73. The third kappa shape index (κ3) is 3.17. The summed E-state index contributed by atoms with van der Waals surface area (Å²) in [5.41, 5.74) is 2.40. The molecule has 1 aliphatic heterocycles. The molecule has 0 saturated carbocycles. The summed E-state index contributed by atoms with van der Waals surface area (Å²) in [6.45, 7) is 4.80. The Morgan fingerprint density at radius 3 is 2.35 bits per heavy atom. The Morgan fingerprint density at radius 1 is 0.935 bits per heavy atom. The minimum Gasteiger partial charge on any atom is -0.368 e. The van der Waals surface area contributed by atoms with E-state index in [0.717, 1.165) is 29.4 Å². The van der Waals surface area contributed by atoms with Crippen LogP contribution in [0, 0.1) is 0 Å². The molecule has 5 rings (SSSR count). The molecule has 7 nitrogen and oxygen atoms in total. The number of hydrogen-bond acceptors (Lipinski definition) is 4. The Morgan fingerprint density at radius 2 is 1.61 bits per heavy atom. The highest BCUT2D eigenvalue weighted by Crippen LogP contribution is 2.30. The zero-order valence-corrected chi connectivity index (χ0v) is 17.7. The topological polar surface area (TPSA) is 63.4 Å². The molecule has 2 aromatic heterocycles. The van der Waals surface area contributed by atoms with E-state index in [1.165, 1.54) is 10.4 Å². The molecule has 0 bridgehead atoms. The van der Waals surface area contributed by atoms with Gasteiger partial charge in [0.2, 0.25) is 5.91 Å². The van der Waals surface area contributed by atoms with E-state index < -0.39 is 6.04 Å². The van der Waals surface area contributed by atoms with Crippen molar-refractivity contribution in [2.75, 3.05) is 31.1 Å². The summed E-state index contributed by atoms with van der Waals surface area (Å²) in [6.07, 6.45) is 1.71. The van der Waals surface area contributed by atoms with Crippen molar-refractivity contribution in [3.05, 3.63) is 71.1 Å². The van der Waals surface area contributed by atoms with Gasteiger partial charge in [-0.3, -0.25) is 9.59 Å². The van der Waals surface area contributed by atoms with E-state index in [-0.39, 0.29) is 11.5 Å². The van der Waals surface area contributed by atoms with Gasteiger partial charge in [-0.1, -0.05) is 36.4 Å². The van der Waals surface area contributed by atoms with Crippen molar-refractivity contribution in [1.82, 2.24) is 19.2 Å². The van der Waals surface area contributed by atoms with Gasteiger partial charge in [0.05, 0.1) is 11.7 Å². The summed E-state index contributed by atoms with van der Waals surface area (Å²) >= 11 is 0. The Hall–Kier alpha value is -3.61. The van der Waals surface area contributed by atoms with Gasteiger partial charge < -0.3 is 14.4 Å². The average Bonchev–Trinajstić information content (AvgIpc) is 3.16. The van der Waals surface area contributed by atoms with E-state index in [2.05, 4.69) is 22.1 Å². The molecule has 4 aromatic rings. The van der Waals surface area contributed by atoms with Crippen molar-refractivity contribution >= 4 is 33.4 Å². The maximum absolute atomic E-state index is 13.5. The van der Waals surface area contributed by atoms with Gasteiger partial charge in [-0.15, -0.1) is 0 Å². The number of benzene rings is 2. The molecule has 2 aromatic carbocycles. The van der Waals surface area contributed by atoms with Crippen molar-refractivity contribution in [1.29, 1.82) is 0 Å². The maximum Gasteiger partial charge on any atom is 0.291 e. The Balaban J connectivity index is 1.48. The molecule has 158 valence electrons. The second kappa shape index (κ2) is 7.58. The number of piperazine rings is 1. The number of aromatic nitrogens is 3. The molecule has 7 heteroatoms. The number of hydrogen-bond donors (Lipinski definition) is 0. The quantitative estimate of drug-likeness (QED) is 0.516. The van der Waals surface area contributed by atoms with Gasteiger partial charge in [-0.2, -0.15) is 5.10 Å². The summed E-state index contributed by atoms with van der Waals surface area (Å²) < 4.78 is 3.22. The second-order valence-corrected chi connectivity index (χ2v) is 8.05. The average molecular weight is 415 g/mol. The van der Waals surface area contributed by atoms with Crippen molar-refractivity contribution in [3.63, 3.8) is 0 Å². The van der Waals surface area contributed by atoms with Crippen LogP contribution in [0.2, 0.25) is 0 Å². The predicted molar refractivity (Wildman–Crippen MR) is 122 cm³/mol. The Bertz CT molecular complexity index is 1320. The minimum absolute atomic E-state index is 0.0363. The summed E-state index contributed by atoms with van der Waals surface area (Å²) in [5.74, 6) is 0.0363. The lowest BCUT2D eigenvalue weighted by molar-refractivity contribution is -0.134. The number of carbonyl (C=O) groups is 1. The largest absolute Gasteiger partial charge is 0.368 e. The molecule has 0 spiro atoms. The van der Waals surface area contributed by atoms with Crippen LogP contribution < -0.4 is 10.5 Å². The highest BCUT2D eigenvalue weighted by molar-refractivity contribution is 6.08. The van der Waals surface area contributed by atoms with Crippen LogP contribution in [0.1, 0.15) is 13.0 Å². The smallest absolute Gasteiger partial charge is 0.291 e. The van der Waals surface area contributed by atoms with E-state index in [1.54, 1.807) is 13.2 Å². The lowest BCUT2D eigenvalue weighted by atomic mass is 10.2. The van der Waals surface area contributed by atoms with Crippen molar-refractivity contribution in [2.24, 2.45) is 7.05 Å². The SMILES string of the molecule is C[C@@H](C(=O)N1CCN(c2ccccc2)CC1)n1c2ccccc2c2cnn(C)c(=O)c21. The van der Waals surface area contributed by atoms with Crippen LogP contribution in [-0.4, -0.2) is 51.3 Å². The number of carbonyl (C=O) groups excluding carboxylic acids is 1. The van der Waals surface area contributed by atoms with Crippen LogP contribution in [0.25, 0.3) is 21.8 Å². The van der Waals surface area contributed by atoms with Crippen LogP contribution in [0.3, 0.4) is 0 Å². The molecule has 0 aliphatic carbocycles. The molecular weight excluding hydrogens is 390 g/mol. The molecule has 0 radical (unpaired) electrons. The van der Waals surface area contributed by atoms with Gasteiger partial charge in [0.15, 0.2) is 0 Å². The fourth-order valence-corrected chi connectivity index (χ4v) is 4.59. The summed E-state index contributed by atoms with van der Waals surface area (Å²) in [5, 5.41) is 5.92. The summed E-state index contributed by atoms with van der Waals surface area (Å²) in [7, 11) is 1.64. The number of para-hydroxylation sites is 2. The van der Waals surface area contributed by atoms with Gasteiger partial charge >= 0.3 is 0 Å². The zero-order chi connectivity index (χ0) is 21.5. The van der Waals surface area contributed by atoms with E-state index >= 15 is 0 Å². The summed E-state index contributed by atoms with van der Waals surface area (Å²) in [6, 6.07) is 17.6. The first-order chi connectivity index (χ1) is 15.1. The van der Waals surface area contributed by atoms with E-state index in [1.807, 2.05) is 58.9 Å². The molecule has 1 saturated heterocycles. The number of anilines is 1. The van der Waals surface area contributed by atoms with Gasteiger partial charge in [-0.05, 0) is 25.1 Å². The van der Waals surface area contributed by atoms with Gasteiger partial charge in [0.25, 0.3) is 5.56 Å². The van der Waals surface area contributed by atoms with Crippen LogP contribution in [0.15, 0.2) is 65.6 Å². The molecule has 0 N–H and O–H groups in total. The molecule has 1 aliphatic rings. The zero-order valence-electron chi connectivity index (χ0n) is 17.7. The number of fused-ring (bicyclic) bond motifs is 3. The molecule has 1 atom stereocenters. The van der Waals surface area contributed by atoms with Gasteiger partial charge in [0, 0.05) is 49.7 Å². The maximum atomic E-state index is 13.5. The van der Waals surface area contributed by atoms with E-state index in [0.29, 0.717) is 18.6 Å². The normalized spacial score (nSPS) is 15.5. The van der Waals surface area contributed by atoms with Crippen LogP contribution in [0.4, 0.5) is 5.69 Å². The van der Waals surface area contributed by atoms with Crippen molar-refractivity contribution in [2.45, 2.75) is 13.0 Å². The van der Waals surface area contributed by atoms with Crippen LogP contribution >= 0.6 is 0 Å². The van der Waals surface area contributed by atoms with Crippen LogP contribution in [0.5, 0.6) is 0 Å². The van der Waals surface area contributed by atoms with E-state index in [4.69, 9.17) is 0 Å². The molecule has 1 fully saturated rings. The lowest BCUT2D eigenvalue weighted by Gasteiger charge is -2.37. The Labute approximate surface area is 180 Å². The standard InChI is InChI=1S/C24H25N5O2/c1-17(23(30)28-14-12-27(13-15-28)18-8-4-3-5-9-18)29-21-11-7-6-10-19(21)20-16-25-26(2)24(31)22(20)29/h3-11,16-17H,12-15H2,1-2H3/t17-/m0/s1. The first-order valence-corrected chi connectivity index (χ1v) is 10.6. The molecular formula is C24H25N5O2. The number of rotatable bonds is 3. The summed E-state index contributed by atoms with van der Waals surface area (Å²) in [4.78, 5) is 30.7. The highest BCUT2D eigenvalue weighted by atomic mass is 16.2. The minimum atomic E-state index is -0.485. The third-order valence-corrected chi connectivity index (χ3v) is 6.26. The molecule has 1 amide bonds. The first kappa shape index (κ1) is 19.4. The monoisotopic (exact) mass is 415 g/mol. The number of nitrogens with zero attached hydrogens (tertiary/aromatic N) is 5. The fourth-order valence-electron chi connectivity index (χ4n) is 4.59. The van der Waals surface area contributed by atoms with E-state index in [9.17, 15) is 9.59 Å². The number of aryl methyl sites for hydroxylation is 1. The fraction of sp³-hybridized carbons (Fsp3) is 0.292. The van der Waals surface area contributed by atoms with Gasteiger partial charge in [-0.25, -0.2) is 4.68 Å². The molecule has 0 unspecified atom stereocenters. The predicted octanol–water partition coefficient (Wildman–Crippen LogP) is 2.80. The van der Waals surface area contributed by atoms with Crippen molar-refractivity contribution in [3.8, 4) is 0 Å². The first-order valence-electron chi connectivity index (χ1n) is 10.6. The highest BCUT2D eigenvalue weighted by Gasteiger charge is 2.29. The third-order valence-electron chi connectivity index (χ3n) is 6.26. The molecule has 3 heterocycles. The van der Waals surface area contributed by atoms with Crippen molar-refractivity contribution < 1.29 is 4.79 Å². The molecule has 31 heavy (non-hydrogen) atoms.